The summed E-state index contributed by atoms with van der Waals surface area (Å²) in [7, 11) is 0. The van der Waals surface area contributed by atoms with Gasteiger partial charge in [-0.05, 0) is 12.3 Å². The molecule has 92 valence electrons. The monoisotopic (exact) mass is 227 g/mol. The summed E-state index contributed by atoms with van der Waals surface area (Å²) < 4.78 is 0. The number of β-amino-alcohol motifs (C(OH)–C–C–N with tert-alkyl or cyclic N) is 1. The van der Waals surface area contributed by atoms with Crippen LogP contribution in [0, 0.1) is 5.92 Å². The lowest BCUT2D eigenvalue weighted by molar-refractivity contribution is -0.150. The highest BCUT2D eigenvalue weighted by Gasteiger charge is 2.29. The minimum absolute atomic E-state index is 0.138. The van der Waals surface area contributed by atoms with Gasteiger partial charge in [-0.25, -0.2) is 0 Å². The number of carbonyl (C=O) groups excluding carboxylic acids is 2. The number of hydrogen-bond acceptors (Lipinski definition) is 3. The van der Waals surface area contributed by atoms with Gasteiger partial charge >= 0.3 is 0 Å². The Morgan fingerprint density at radius 2 is 1.69 bits per heavy atom. The Morgan fingerprint density at radius 1 is 1.19 bits per heavy atom. The smallest absolute Gasteiger partial charge is 0.229 e. The van der Waals surface area contributed by atoms with Crippen molar-refractivity contribution in [1.29, 1.82) is 0 Å². The van der Waals surface area contributed by atoms with Crippen LogP contribution in [0.1, 0.15) is 46.0 Å². The van der Waals surface area contributed by atoms with Crippen LogP contribution in [0.3, 0.4) is 0 Å². The molecular formula is C12H21NO3. The lowest BCUT2D eigenvalue weighted by Crippen LogP contribution is -2.46. The third kappa shape index (κ3) is 3.04. The Bertz CT molecular complexity index is 245. The number of amides is 2. The summed E-state index contributed by atoms with van der Waals surface area (Å²) >= 11 is 0. The van der Waals surface area contributed by atoms with Gasteiger partial charge in [0.25, 0.3) is 0 Å². The van der Waals surface area contributed by atoms with Crippen molar-refractivity contribution in [3.8, 4) is 0 Å². The molecule has 1 fully saturated rings. The number of imide groups is 1. The van der Waals surface area contributed by atoms with E-state index in [1.165, 1.54) is 4.90 Å². The van der Waals surface area contributed by atoms with Crippen molar-refractivity contribution in [2.45, 2.75) is 52.1 Å². The van der Waals surface area contributed by atoms with Crippen LogP contribution in [-0.2, 0) is 9.59 Å². The van der Waals surface area contributed by atoms with Crippen LogP contribution in [0.4, 0.5) is 0 Å². The number of likely N-dealkylation sites (tertiary alicyclic amines) is 1. The van der Waals surface area contributed by atoms with E-state index in [9.17, 15) is 14.7 Å². The molecule has 0 saturated carbocycles. The highest BCUT2D eigenvalue weighted by Crippen LogP contribution is 2.18. The van der Waals surface area contributed by atoms with Gasteiger partial charge in [0.1, 0.15) is 0 Å². The topological polar surface area (TPSA) is 57.6 Å². The van der Waals surface area contributed by atoms with E-state index in [4.69, 9.17) is 0 Å². The van der Waals surface area contributed by atoms with Gasteiger partial charge in [-0.3, -0.25) is 14.5 Å². The van der Waals surface area contributed by atoms with Crippen LogP contribution in [0.5, 0.6) is 0 Å². The fraction of sp³-hybridized carbons (Fsp3) is 0.833. The molecule has 4 heteroatoms. The van der Waals surface area contributed by atoms with Crippen molar-refractivity contribution < 1.29 is 14.7 Å². The summed E-state index contributed by atoms with van der Waals surface area (Å²) in [5.41, 5.74) is 0. The van der Waals surface area contributed by atoms with Crippen molar-refractivity contribution in [2.75, 3.05) is 6.54 Å². The summed E-state index contributed by atoms with van der Waals surface area (Å²) in [6.07, 6.45) is 2.67. The first kappa shape index (κ1) is 13.2. The summed E-state index contributed by atoms with van der Waals surface area (Å²) in [5.74, 6) is -0.106. The molecular weight excluding hydrogens is 206 g/mol. The molecule has 1 N–H and O–H groups in total. The summed E-state index contributed by atoms with van der Waals surface area (Å²) in [6, 6.07) is 0. The second kappa shape index (κ2) is 5.99. The van der Waals surface area contributed by atoms with Crippen molar-refractivity contribution in [3.63, 3.8) is 0 Å². The van der Waals surface area contributed by atoms with Crippen LogP contribution in [0.2, 0.25) is 0 Å². The first-order valence-electron chi connectivity index (χ1n) is 6.11. The zero-order chi connectivity index (χ0) is 12.1. The summed E-state index contributed by atoms with van der Waals surface area (Å²) in [5, 5.41) is 9.95. The van der Waals surface area contributed by atoms with E-state index in [0.29, 0.717) is 19.3 Å². The second-order valence-corrected chi connectivity index (χ2v) is 4.40. The Labute approximate surface area is 96.6 Å². The summed E-state index contributed by atoms with van der Waals surface area (Å²) in [6.45, 7) is 4.19. The standard InChI is InChI=1S/C12H21NO3/c1-3-9(4-2)10(14)8-13-11(15)6-5-7-12(13)16/h9-10,14H,3-8H2,1-2H3. The molecule has 1 unspecified atom stereocenters. The molecule has 2 amide bonds. The molecule has 0 aliphatic carbocycles. The van der Waals surface area contributed by atoms with Gasteiger partial charge < -0.3 is 5.11 Å². The number of piperidine rings is 1. The highest BCUT2D eigenvalue weighted by molar-refractivity contribution is 5.97. The Hall–Kier alpha value is -0.900. The van der Waals surface area contributed by atoms with E-state index >= 15 is 0 Å². The van der Waals surface area contributed by atoms with Crippen molar-refractivity contribution in [2.24, 2.45) is 5.92 Å². The predicted molar refractivity (Wildman–Crippen MR) is 60.6 cm³/mol. The third-order valence-corrected chi connectivity index (χ3v) is 3.35. The molecule has 0 aromatic carbocycles. The Morgan fingerprint density at radius 3 is 2.12 bits per heavy atom. The van der Waals surface area contributed by atoms with Crippen LogP contribution >= 0.6 is 0 Å². The van der Waals surface area contributed by atoms with E-state index in [0.717, 1.165) is 12.8 Å². The number of rotatable bonds is 5. The number of aliphatic hydroxyl groups is 1. The maximum atomic E-state index is 11.5. The second-order valence-electron chi connectivity index (χ2n) is 4.40. The number of carbonyl (C=O) groups is 2. The maximum Gasteiger partial charge on any atom is 0.229 e. The van der Waals surface area contributed by atoms with E-state index in [-0.39, 0.29) is 24.3 Å². The first-order chi connectivity index (χ1) is 7.60. The van der Waals surface area contributed by atoms with Gasteiger partial charge in [0, 0.05) is 12.8 Å². The number of nitrogens with zero attached hydrogens (tertiary/aromatic N) is 1. The first-order valence-corrected chi connectivity index (χ1v) is 6.11. The van der Waals surface area contributed by atoms with E-state index in [1.807, 2.05) is 13.8 Å². The molecule has 1 aliphatic heterocycles. The van der Waals surface area contributed by atoms with Crippen molar-refractivity contribution in [1.82, 2.24) is 4.90 Å². The zero-order valence-corrected chi connectivity index (χ0v) is 10.1. The van der Waals surface area contributed by atoms with Crippen molar-refractivity contribution in [3.05, 3.63) is 0 Å². The molecule has 0 radical (unpaired) electrons. The molecule has 1 saturated heterocycles. The van der Waals surface area contributed by atoms with Gasteiger partial charge in [-0.15, -0.1) is 0 Å². The third-order valence-electron chi connectivity index (χ3n) is 3.35. The van der Waals surface area contributed by atoms with Gasteiger partial charge in [0.2, 0.25) is 11.8 Å². The molecule has 0 aromatic rings. The van der Waals surface area contributed by atoms with Gasteiger partial charge in [-0.1, -0.05) is 26.7 Å². The zero-order valence-electron chi connectivity index (χ0n) is 10.1. The molecule has 16 heavy (non-hydrogen) atoms. The lowest BCUT2D eigenvalue weighted by atomic mass is 9.95. The fourth-order valence-corrected chi connectivity index (χ4v) is 2.17. The lowest BCUT2D eigenvalue weighted by Gasteiger charge is -2.29. The minimum Gasteiger partial charge on any atom is -0.391 e. The van der Waals surface area contributed by atoms with Gasteiger partial charge in [0.05, 0.1) is 12.6 Å². The van der Waals surface area contributed by atoms with E-state index < -0.39 is 6.10 Å². The van der Waals surface area contributed by atoms with Crippen LogP contribution in [0.15, 0.2) is 0 Å². The number of hydrogen-bond donors (Lipinski definition) is 1. The molecule has 1 heterocycles. The van der Waals surface area contributed by atoms with Crippen LogP contribution < -0.4 is 0 Å². The molecule has 0 aromatic heterocycles. The molecule has 4 nitrogen and oxygen atoms in total. The van der Waals surface area contributed by atoms with Crippen molar-refractivity contribution >= 4 is 11.8 Å². The number of aliphatic hydroxyl groups excluding tert-OH is 1. The molecule has 1 aliphatic rings. The van der Waals surface area contributed by atoms with Gasteiger partial charge in [0.15, 0.2) is 0 Å². The normalized spacial score (nSPS) is 19.4. The predicted octanol–water partition coefficient (Wildman–Crippen LogP) is 1.32. The highest BCUT2D eigenvalue weighted by atomic mass is 16.3. The molecule has 0 bridgehead atoms. The quantitative estimate of drug-likeness (QED) is 0.721. The van der Waals surface area contributed by atoms with Crippen LogP contribution in [-0.4, -0.2) is 34.5 Å². The largest absolute Gasteiger partial charge is 0.391 e. The van der Waals surface area contributed by atoms with Gasteiger partial charge in [-0.2, -0.15) is 0 Å². The summed E-state index contributed by atoms with van der Waals surface area (Å²) in [4.78, 5) is 24.3. The minimum atomic E-state index is -0.582. The van der Waals surface area contributed by atoms with Crippen LogP contribution in [0.25, 0.3) is 0 Å². The molecule has 1 atom stereocenters. The average molecular weight is 227 g/mol. The Balaban J connectivity index is 2.57. The average Bonchev–Trinajstić information content (AvgIpc) is 2.25. The van der Waals surface area contributed by atoms with E-state index in [1.54, 1.807) is 0 Å². The molecule has 0 spiro atoms. The fourth-order valence-electron chi connectivity index (χ4n) is 2.17. The molecule has 1 rings (SSSR count). The van der Waals surface area contributed by atoms with E-state index in [2.05, 4.69) is 0 Å². The maximum absolute atomic E-state index is 11.5. The SMILES string of the molecule is CCC(CC)C(O)CN1C(=O)CCCC1=O. The Kier molecular flexibility index (Phi) is 4.93.